The van der Waals surface area contributed by atoms with Gasteiger partial charge in [0.2, 0.25) is 0 Å². The zero-order valence-electron chi connectivity index (χ0n) is 5.20. The number of halogens is 2. The second kappa shape index (κ2) is 15.7. The zero-order chi connectivity index (χ0) is 4.28. The first kappa shape index (κ1) is 22.9. The van der Waals surface area contributed by atoms with Crippen LogP contribution in [0, 0.1) is 5.92 Å². The molecule has 0 unspecified atom stereocenters. The molecule has 0 rings (SSSR count). The Morgan fingerprint density at radius 2 is 1.38 bits per heavy atom. The van der Waals surface area contributed by atoms with Gasteiger partial charge in [0.15, 0.2) is 0 Å². The molecule has 0 saturated heterocycles. The first-order valence-electron chi connectivity index (χ1n) is 1.97. The third kappa shape index (κ3) is 27.1. The van der Waals surface area contributed by atoms with E-state index in [1.54, 1.807) is 0 Å². The Hall–Kier alpha value is 1.18. The Balaban J connectivity index is -0.0000000267. The van der Waals surface area contributed by atoms with Crippen LogP contribution in [0.3, 0.4) is 0 Å². The van der Waals surface area contributed by atoms with E-state index >= 15 is 0 Å². The minimum Gasteiger partial charge on any atom is -1.00 e. The predicted molar refractivity (Wildman–Crippen MR) is 31.2 cm³/mol. The summed E-state index contributed by atoms with van der Waals surface area (Å²) in [6.45, 7) is 4.40. The smallest absolute Gasteiger partial charge is 0 e. The van der Waals surface area contributed by atoms with Gasteiger partial charge in [-0.05, 0) is 0 Å². The van der Waals surface area contributed by atoms with Gasteiger partial charge in [0.25, 0.3) is 0 Å². The van der Waals surface area contributed by atoms with Crippen molar-refractivity contribution in [3.05, 3.63) is 0 Å². The third-order valence-electron chi connectivity index (χ3n) is 0.471. The summed E-state index contributed by atoms with van der Waals surface area (Å²) in [6.07, 6.45) is 0. The number of hydrogen-bond acceptors (Lipinski definition) is 0. The largest absolute Gasteiger partial charge is 1.00 e. The van der Waals surface area contributed by atoms with Gasteiger partial charge in [0.05, 0.1) is 0 Å². The predicted octanol–water partition coefficient (Wildman–Crippen LogP) is -5.14. The minimum atomic E-state index is 0. The molecule has 0 bridgehead atoms. The van der Waals surface area contributed by atoms with Crippen LogP contribution in [-0.2, 0) is 0 Å². The van der Waals surface area contributed by atoms with Crippen LogP contribution in [0.15, 0.2) is 0 Å². The van der Waals surface area contributed by atoms with Gasteiger partial charge in [0.1, 0.15) is 0 Å². The molecule has 0 fully saturated rings. The van der Waals surface area contributed by atoms with Crippen molar-refractivity contribution < 1.29 is 24.8 Å². The summed E-state index contributed by atoms with van der Waals surface area (Å²) in [6, 6.07) is 0. The van der Waals surface area contributed by atoms with Gasteiger partial charge in [-0.1, -0.05) is 0 Å². The van der Waals surface area contributed by atoms with Crippen molar-refractivity contribution in [1.29, 1.82) is 0 Å². The van der Waals surface area contributed by atoms with Crippen molar-refractivity contribution in [2.24, 2.45) is 5.92 Å². The Labute approximate surface area is 74.6 Å². The van der Waals surface area contributed by atoms with Crippen LogP contribution in [0.5, 0.6) is 0 Å². The Kier molecular flexibility index (Phi) is 45.0. The molecule has 0 N–H and O–H groups in total. The number of hydrogen-bond donors (Lipinski definition) is 0. The van der Waals surface area contributed by atoms with Crippen LogP contribution < -0.4 is 24.8 Å². The molecule has 0 aromatic carbocycles. The van der Waals surface area contributed by atoms with Crippen molar-refractivity contribution in [3.63, 3.8) is 0 Å². The molecule has 0 aromatic heterocycles. The second-order valence-electron chi connectivity index (χ2n) is 1.63. The molecule has 0 spiro atoms. The zero-order valence-corrected chi connectivity index (χ0v) is 7.86. The van der Waals surface area contributed by atoms with Crippen molar-refractivity contribution in [2.45, 2.75) is 19.1 Å². The first-order chi connectivity index (χ1) is 2.27. The fraction of sp³-hybridized carbons (Fsp3) is 1.00. The van der Waals surface area contributed by atoms with Crippen LogP contribution >= 0.6 is 0 Å². The van der Waals surface area contributed by atoms with Gasteiger partial charge in [-0.15, -0.1) is 0 Å². The maximum Gasteiger partial charge on any atom is 0 e. The van der Waals surface area contributed by atoms with Gasteiger partial charge < -0.3 is 24.8 Å². The summed E-state index contributed by atoms with van der Waals surface area (Å²) in [4.78, 5) is 0. The van der Waals surface area contributed by atoms with Crippen LogP contribution in [0.4, 0.5) is 0 Å². The fourth-order valence-electron chi connectivity index (χ4n) is 0. The summed E-state index contributed by atoms with van der Waals surface area (Å²) >= 11 is 2.69. The van der Waals surface area contributed by atoms with E-state index in [-0.39, 0.29) is 33.2 Å². The van der Waals surface area contributed by atoms with E-state index in [1.807, 2.05) is 0 Å². The molecule has 0 atom stereocenters. The summed E-state index contributed by atoms with van der Waals surface area (Å²) in [5.74, 6) is 0.847. The van der Waals surface area contributed by atoms with Crippen LogP contribution in [0.25, 0.3) is 0 Å². The molecule has 45 valence electrons. The van der Waals surface area contributed by atoms with Crippen LogP contribution in [0.2, 0.25) is 5.28 Å². The second-order valence-corrected chi connectivity index (χ2v) is 2.10. The van der Waals surface area contributed by atoms with E-state index in [2.05, 4.69) is 30.1 Å². The molecule has 0 heterocycles. The molecule has 0 aliphatic rings. The van der Waals surface area contributed by atoms with Gasteiger partial charge in [-0.25, -0.2) is 0 Å². The molecule has 8 heavy (non-hydrogen) atoms. The maximum atomic E-state index is 2.69. The van der Waals surface area contributed by atoms with E-state index in [0.29, 0.717) is 0 Å². The van der Waals surface area contributed by atoms with Crippen LogP contribution in [0.1, 0.15) is 13.8 Å². The molecule has 0 nitrogen and oxygen atoms in total. The SMILES string of the molecule is CC(C)[CH2][Al+2].[B].[Cl-].[Cl-]. The molecule has 0 aromatic rings. The molecule has 0 aliphatic heterocycles. The minimum absolute atomic E-state index is 0. The molecular formula is C4H9AlBCl2. The topological polar surface area (TPSA) is 0 Å². The van der Waals surface area contributed by atoms with Gasteiger partial charge in [0, 0.05) is 8.41 Å². The normalized spacial score (nSPS) is 6.12. The van der Waals surface area contributed by atoms with Crippen LogP contribution in [-0.4, -0.2) is 24.7 Å². The average Bonchev–Trinajstić information content (AvgIpc) is 1.38. The molecule has 0 amide bonds. The Morgan fingerprint density at radius 3 is 1.38 bits per heavy atom. The summed E-state index contributed by atoms with van der Waals surface area (Å²) < 4.78 is 0. The van der Waals surface area contributed by atoms with Crippen molar-refractivity contribution in [2.75, 3.05) is 0 Å². The molecule has 4 heteroatoms. The van der Waals surface area contributed by atoms with E-state index < -0.39 is 0 Å². The summed E-state index contributed by atoms with van der Waals surface area (Å²) in [5.41, 5.74) is 0. The standard InChI is InChI=1S/C4H9.Al.B.2ClH/c1-4(2)3;;;;/h4H,1H2,2-3H3;;;2*1H/q;+2;;;/p-2. The van der Waals surface area contributed by atoms with Gasteiger partial charge >= 0.3 is 41.3 Å². The Morgan fingerprint density at radius 1 is 1.25 bits per heavy atom. The van der Waals surface area contributed by atoms with Gasteiger partial charge in [-0.3, -0.25) is 0 Å². The molecule has 0 saturated carbocycles. The first-order valence-corrected chi connectivity index (χ1v) is 2.79. The average molecular weight is 166 g/mol. The van der Waals surface area contributed by atoms with Crippen molar-refractivity contribution in [3.8, 4) is 0 Å². The Bertz CT molecular complexity index is 28.0. The van der Waals surface area contributed by atoms with Crippen molar-refractivity contribution in [1.82, 2.24) is 0 Å². The molecular weight excluding hydrogens is 157 g/mol. The van der Waals surface area contributed by atoms with E-state index in [1.165, 1.54) is 5.28 Å². The quantitative estimate of drug-likeness (QED) is 0.341. The maximum absolute atomic E-state index is 2.69. The third-order valence-corrected chi connectivity index (χ3v) is 1.41. The summed E-state index contributed by atoms with van der Waals surface area (Å²) in [5, 5.41) is 1.22. The van der Waals surface area contributed by atoms with E-state index in [0.717, 1.165) is 5.92 Å². The number of rotatable bonds is 1. The summed E-state index contributed by atoms with van der Waals surface area (Å²) in [7, 11) is 0. The van der Waals surface area contributed by atoms with E-state index in [9.17, 15) is 0 Å². The molecule has 0 aliphatic carbocycles. The fourth-order valence-corrected chi connectivity index (χ4v) is 0. The van der Waals surface area contributed by atoms with Gasteiger partial charge in [-0.2, -0.15) is 0 Å². The van der Waals surface area contributed by atoms with E-state index in [4.69, 9.17) is 0 Å². The van der Waals surface area contributed by atoms with Crippen molar-refractivity contribution >= 4 is 24.7 Å². The monoisotopic (exact) mass is 165 g/mol. The molecule has 3 radical (unpaired) electrons.